The number of piperazine rings is 1. The van der Waals surface area contributed by atoms with E-state index in [2.05, 4.69) is 17.2 Å². The van der Waals surface area contributed by atoms with Gasteiger partial charge in [0.15, 0.2) is 0 Å². The van der Waals surface area contributed by atoms with E-state index >= 15 is 0 Å². The minimum atomic E-state index is 0. The maximum absolute atomic E-state index is 12.1. The molecule has 1 saturated heterocycles. The van der Waals surface area contributed by atoms with E-state index in [1.54, 1.807) is 6.07 Å². The molecule has 102 valence electrons. The SMILES string of the molecule is Cc1cccc(C(=O)N2CCN[C@@H](C)C2)n1.Cl.Cl. The molecule has 1 aliphatic rings. The van der Waals surface area contributed by atoms with Crippen molar-refractivity contribution >= 4 is 30.7 Å². The van der Waals surface area contributed by atoms with Gasteiger partial charge in [-0.1, -0.05) is 6.07 Å². The van der Waals surface area contributed by atoms with Crippen molar-refractivity contribution in [1.82, 2.24) is 15.2 Å². The molecule has 2 heterocycles. The van der Waals surface area contributed by atoms with E-state index in [-0.39, 0.29) is 30.7 Å². The zero-order valence-electron chi connectivity index (χ0n) is 10.5. The fourth-order valence-electron chi connectivity index (χ4n) is 1.94. The van der Waals surface area contributed by atoms with E-state index in [0.717, 1.165) is 25.3 Å². The molecule has 18 heavy (non-hydrogen) atoms. The summed E-state index contributed by atoms with van der Waals surface area (Å²) < 4.78 is 0. The third-order valence-corrected chi connectivity index (χ3v) is 2.76. The Labute approximate surface area is 120 Å². The second kappa shape index (κ2) is 7.56. The molecule has 1 N–H and O–H groups in total. The van der Waals surface area contributed by atoms with Crippen molar-refractivity contribution in [2.24, 2.45) is 0 Å². The molecular weight excluding hydrogens is 273 g/mol. The summed E-state index contributed by atoms with van der Waals surface area (Å²) in [5, 5.41) is 3.32. The van der Waals surface area contributed by atoms with Crippen LogP contribution in [0.5, 0.6) is 0 Å². The Bertz CT molecular complexity index is 401. The molecule has 0 aliphatic carbocycles. The summed E-state index contributed by atoms with van der Waals surface area (Å²) in [4.78, 5) is 18.3. The van der Waals surface area contributed by atoms with E-state index in [9.17, 15) is 4.79 Å². The highest BCUT2D eigenvalue weighted by molar-refractivity contribution is 5.92. The highest BCUT2D eigenvalue weighted by Crippen LogP contribution is 2.06. The monoisotopic (exact) mass is 291 g/mol. The number of nitrogens with one attached hydrogen (secondary N) is 1. The smallest absolute Gasteiger partial charge is 0.272 e. The number of aryl methyl sites for hydroxylation is 1. The van der Waals surface area contributed by atoms with E-state index in [4.69, 9.17) is 0 Å². The van der Waals surface area contributed by atoms with Crippen molar-refractivity contribution in [3.05, 3.63) is 29.6 Å². The van der Waals surface area contributed by atoms with E-state index in [1.807, 2.05) is 24.0 Å². The highest BCUT2D eigenvalue weighted by atomic mass is 35.5. The largest absolute Gasteiger partial charge is 0.334 e. The van der Waals surface area contributed by atoms with Gasteiger partial charge in [-0.2, -0.15) is 0 Å². The topological polar surface area (TPSA) is 45.2 Å². The van der Waals surface area contributed by atoms with Crippen LogP contribution < -0.4 is 5.32 Å². The fraction of sp³-hybridized carbons (Fsp3) is 0.500. The number of hydrogen-bond donors (Lipinski definition) is 1. The van der Waals surface area contributed by atoms with Crippen LogP contribution in [-0.4, -0.2) is 41.5 Å². The molecule has 1 fully saturated rings. The predicted octanol–water partition coefficient (Wildman–Crippen LogP) is 1.67. The van der Waals surface area contributed by atoms with Crippen LogP contribution in [0.15, 0.2) is 18.2 Å². The molecule has 6 heteroatoms. The first-order valence-electron chi connectivity index (χ1n) is 5.63. The van der Waals surface area contributed by atoms with E-state index in [1.165, 1.54) is 0 Å². The number of hydrogen-bond acceptors (Lipinski definition) is 3. The van der Waals surface area contributed by atoms with Crippen molar-refractivity contribution < 1.29 is 4.79 Å². The van der Waals surface area contributed by atoms with Gasteiger partial charge in [0.05, 0.1) is 0 Å². The van der Waals surface area contributed by atoms with Crippen LogP contribution in [-0.2, 0) is 0 Å². The maximum atomic E-state index is 12.1. The predicted molar refractivity (Wildman–Crippen MR) is 76.8 cm³/mol. The van der Waals surface area contributed by atoms with E-state index < -0.39 is 0 Å². The lowest BCUT2D eigenvalue weighted by Gasteiger charge is -2.31. The van der Waals surface area contributed by atoms with Gasteiger partial charge >= 0.3 is 0 Å². The Morgan fingerprint density at radius 2 is 2.17 bits per heavy atom. The third-order valence-electron chi connectivity index (χ3n) is 2.76. The highest BCUT2D eigenvalue weighted by Gasteiger charge is 2.22. The Kier molecular flexibility index (Phi) is 7.21. The molecule has 1 aromatic rings. The van der Waals surface area contributed by atoms with Crippen LogP contribution in [0.4, 0.5) is 0 Å². The average Bonchev–Trinajstić information content (AvgIpc) is 2.28. The number of amides is 1. The number of carbonyl (C=O) groups excluding carboxylic acids is 1. The molecule has 0 bridgehead atoms. The molecule has 1 atom stereocenters. The van der Waals surface area contributed by atoms with Gasteiger partial charge in [-0.15, -0.1) is 24.8 Å². The summed E-state index contributed by atoms with van der Waals surface area (Å²) in [6.45, 7) is 6.37. The lowest BCUT2D eigenvalue weighted by molar-refractivity contribution is 0.0703. The zero-order chi connectivity index (χ0) is 11.5. The second-order valence-corrected chi connectivity index (χ2v) is 4.27. The van der Waals surface area contributed by atoms with Crippen molar-refractivity contribution in [2.45, 2.75) is 19.9 Å². The molecule has 0 spiro atoms. The summed E-state index contributed by atoms with van der Waals surface area (Å²) in [6, 6.07) is 5.92. The van der Waals surface area contributed by atoms with Crippen LogP contribution in [0.1, 0.15) is 23.1 Å². The molecule has 0 unspecified atom stereocenters. The minimum absolute atomic E-state index is 0. The van der Waals surface area contributed by atoms with Crippen LogP contribution in [0.2, 0.25) is 0 Å². The summed E-state index contributed by atoms with van der Waals surface area (Å²) in [6.07, 6.45) is 0. The molecule has 1 aliphatic heterocycles. The number of carbonyl (C=O) groups is 1. The summed E-state index contributed by atoms with van der Waals surface area (Å²) >= 11 is 0. The third kappa shape index (κ3) is 4.12. The van der Waals surface area contributed by atoms with Gasteiger partial charge in [-0.25, -0.2) is 4.98 Å². The van der Waals surface area contributed by atoms with Crippen LogP contribution in [0.25, 0.3) is 0 Å². The quantitative estimate of drug-likeness (QED) is 0.856. The van der Waals surface area contributed by atoms with Gasteiger partial charge in [0.2, 0.25) is 0 Å². The molecule has 2 rings (SSSR count). The fourth-order valence-corrected chi connectivity index (χ4v) is 1.94. The first-order chi connectivity index (χ1) is 7.66. The normalized spacial score (nSPS) is 18.6. The summed E-state index contributed by atoms with van der Waals surface area (Å²) in [7, 11) is 0. The van der Waals surface area contributed by atoms with Crippen molar-refractivity contribution in [3.63, 3.8) is 0 Å². The lowest BCUT2D eigenvalue weighted by Crippen LogP contribution is -2.51. The standard InChI is InChI=1S/C12H17N3O.2ClH/c1-9-4-3-5-11(14-9)12(16)15-7-6-13-10(2)8-15;;/h3-5,10,13H,6-8H2,1-2H3;2*1H/t10-;;/m0../s1. The molecule has 1 aromatic heterocycles. The number of aromatic nitrogens is 1. The number of halogens is 2. The van der Waals surface area contributed by atoms with E-state index in [0.29, 0.717) is 11.7 Å². The Morgan fingerprint density at radius 1 is 1.44 bits per heavy atom. The Balaban J connectivity index is 0.00000144. The first-order valence-corrected chi connectivity index (χ1v) is 5.63. The Hall–Kier alpha value is -0.840. The van der Waals surface area contributed by atoms with Gasteiger partial charge in [0, 0.05) is 31.4 Å². The molecular formula is C12H19Cl2N3O. The maximum Gasteiger partial charge on any atom is 0.272 e. The number of rotatable bonds is 1. The van der Waals surface area contributed by atoms with Crippen LogP contribution in [0, 0.1) is 6.92 Å². The molecule has 0 aromatic carbocycles. The summed E-state index contributed by atoms with van der Waals surface area (Å²) in [5.74, 6) is 0.0389. The molecule has 0 radical (unpaired) electrons. The molecule has 4 nitrogen and oxygen atoms in total. The summed E-state index contributed by atoms with van der Waals surface area (Å²) in [5.41, 5.74) is 1.43. The van der Waals surface area contributed by atoms with Gasteiger partial charge in [0.25, 0.3) is 5.91 Å². The zero-order valence-corrected chi connectivity index (χ0v) is 12.2. The van der Waals surface area contributed by atoms with Crippen LogP contribution >= 0.6 is 24.8 Å². The minimum Gasteiger partial charge on any atom is -0.334 e. The molecule has 1 amide bonds. The number of pyridine rings is 1. The average molecular weight is 292 g/mol. The number of nitrogens with zero attached hydrogens (tertiary/aromatic N) is 2. The van der Waals surface area contributed by atoms with Gasteiger partial charge in [-0.05, 0) is 26.0 Å². The van der Waals surface area contributed by atoms with Gasteiger partial charge < -0.3 is 10.2 Å². The van der Waals surface area contributed by atoms with Gasteiger partial charge in [0.1, 0.15) is 5.69 Å². The van der Waals surface area contributed by atoms with Crippen molar-refractivity contribution in [3.8, 4) is 0 Å². The van der Waals surface area contributed by atoms with Crippen molar-refractivity contribution in [1.29, 1.82) is 0 Å². The molecule has 0 saturated carbocycles. The van der Waals surface area contributed by atoms with Crippen molar-refractivity contribution in [2.75, 3.05) is 19.6 Å². The lowest BCUT2D eigenvalue weighted by atomic mass is 10.2. The Morgan fingerprint density at radius 3 is 2.78 bits per heavy atom. The first kappa shape index (κ1) is 17.2. The van der Waals surface area contributed by atoms with Crippen LogP contribution in [0.3, 0.4) is 0 Å². The second-order valence-electron chi connectivity index (χ2n) is 4.27. The van der Waals surface area contributed by atoms with Gasteiger partial charge in [-0.3, -0.25) is 4.79 Å².